The monoisotopic (exact) mass is 262 g/mol. The maximum Gasteiger partial charge on any atom is 0.330 e. The van der Waals surface area contributed by atoms with E-state index in [1.807, 2.05) is 13.1 Å². The third-order valence-electron chi connectivity index (χ3n) is 3.43. The van der Waals surface area contributed by atoms with Crippen LogP contribution in [0.1, 0.15) is 18.0 Å². The highest BCUT2D eigenvalue weighted by Crippen LogP contribution is 2.18. The lowest BCUT2D eigenvalue weighted by Crippen LogP contribution is -2.38. The predicted octanol–water partition coefficient (Wildman–Crippen LogP) is 0.880. The number of carboxylic acid groups (broad SMARTS) is 1. The molecule has 0 saturated carbocycles. The van der Waals surface area contributed by atoms with Gasteiger partial charge < -0.3 is 15.3 Å². The molecular weight excluding hydrogens is 244 g/mol. The number of carbonyl (C=O) groups is 2. The maximum atomic E-state index is 12.1. The van der Waals surface area contributed by atoms with Crippen LogP contribution < -0.4 is 5.32 Å². The molecule has 5 heteroatoms. The number of hydrogen-bond acceptors (Lipinski definition) is 3. The standard InChI is InChI=1S/C14H18N2O3/c1-16-8-7-11(9-16)13(17)15-12(14(18)19)10-5-3-2-4-6-10/h2-6,11-12H,7-9H2,1H3,(H,15,17)(H,18,19). The molecular formula is C14H18N2O3. The number of rotatable bonds is 4. The van der Waals surface area contributed by atoms with E-state index in [0.29, 0.717) is 12.1 Å². The smallest absolute Gasteiger partial charge is 0.330 e. The predicted molar refractivity (Wildman–Crippen MR) is 70.6 cm³/mol. The average molecular weight is 262 g/mol. The molecule has 1 aliphatic heterocycles. The van der Waals surface area contributed by atoms with Gasteiger partial charge in [-0.2, -0.15) is 0 Å². The van der Waals surface area contributed by atoms with Gasteiger partial charge in [0.15, 0.2) is 6.04 Å². The van der Waals surface area contributed by atoms with E-state index in [1.165, 1.54) is 0 Å². The molecule has 0 bridgehead atoms. The van der Waals surface area contributed by atoms with Gasteiger partial charge in [-0.25, -0.2) is 4.79 Å². The molecule has 1 aliphatic rings. The minimum Gasteiger partial charge on any atom is -0.479 e. The first-order valence-corrected chi connectivity index (χ1v) is 6.34. The molecule has 19 heavy (non-hydrogen) atoms. The first-order valence-electron chi connectivity index (χ1n) is 6.34. The van der Waals surface area contributed by atoms with Crippen molar-refractivity contribution in [3.8, 4) is 0 Å². The number of aliphatic carboxylic acids is 1. The van der Waals surface area contributed by atoms with Crippen LogP contribution in [-0.4, -0.2) is 42.0 Å². The lowest BCUT2D eigenvalue weighted by atomic mass is 10.0. The van der Waals surface area contributed by atoms with Crippen LogP contribution in [0.3, 0.4) is 0 Å². The Morgan fingerprint density at radius 3 is 2.58 bits per heavy atom. The van der Waals surface area contributed by atoms with Gasteiger partial charge in [0, 0.05) is 6.54 Å². The Bertz CT molecular complexity index is 461. The Morgan fingerprint density at radius 2 is 2.05 bits per heavy atom. The second kappa shape index (κ2) is 5.84. The molecule has 1 saturated heterocycles. The molecule has 5 nitrogen and oxygen atoms in total. The van der Waals surface area contributed by atoms with Gasteiger partial charge in [0.1, 0.15) is 0 Å². The van der Waals surface area contributed by atoms with Crippen LogP contribution >= 0.6 is 0 Å². The highest BCUT2D eigenvalue weighted by molar-refractivity contribution is 5.86. The van der Waals surface area contributed by atoms with Crippen LogP contribution in [0.25, 0.3) is 0 Å². The summed E-state index contributed by atoms with van der Waals surface area (Å²) in [6.07, 6.45) is 0.781. The Kier molecular flexibility index (Phi) is 4.16. The molecule has 1 heterocycles. The first-order chi connectivity index (χ1) is 9.08. The van der Waals surface area contributed by atoms with E-state index >= 15 is 0 Å². The minimum absolute atomic E-state index is 0.115. The van der Waals surface area contributed by atoms with Crippen LogP contribution in [0.5, 0.6) is 0 Å². The Morgan fingerprint density at radius 1 is 1.37 bits per heavy atom. The van der Waals surface area contributed by atoms with Crippen LogP contribution in [-0.2, 0) is 9.59 Å². The molecule has 2 N–H and O–H groups in total. The number of nitrogens with zero attached hydrogens (tertiary/aromatic N) is 1. The third-order valence-corrected chi connectivity index (χ3v) is 3.43. The fraction of sp³-hybridized carbons (Fsp3) is 0.429. The van der Waals surface area contributed by atoms with E-state index in [-0.39, 0.29) is 11.8 Å². The van der Waals surface area contributed by atoms with Gasteiger partial charge in [0.25, 0.3) is 0 Å². The number of carbonyl (C=O) groups excluding carboxylic acids is 1. The zero-order valence-electron chi connectivity index (χ0n) is 10.9. The number of amides is 1. The second-order valence-electron chi connectivity index (χ2n) is 4.94. The van der Waals surface area contributed by atoms with Gasteiger partial charge in [0.2, 0.25) is 5.91 Å². The van der Waals surface area contributed by atoms with Gasteiger partial charge in [-0.3, -0.25) is 4.79 Å². The normalized spacial score (nSPS) is 21.0. The van der Waals surface area contributed by atoms with Crippen LogP contribution in [0.4, 0.5) is 0 Å². The van der Waals surface area contributed by atoms with Crippen molar-refractivity contribution in [1.82, 2.24) is 10.2 Å². The van der Waals surface area contributed by atoms with Crippen molar-refractivity contribution in [1.29, 1.82) is 0 Å². The highest BCUT2D eigenvalue weighted by Gasteiger charge is 2.30. The van der Waals surface area contributed by atoms with Crippen LogP contribution in [0.15, 0.2) is 30.3 Å². The summed E-state index contributed by atoms with van der Waals surface area (Å²) >= 11 is 0. The number of hydrogen-bond donors (Lipinski definition) is 2. The van der Waals surface area contributed by atoms with Gasteiger partial charge in [-0.05, 0) is 25.6 Å². The molecule has 0 radical (unpaired) electrons. The molecule has 0 aliphatic carbocycles. The summed E-state index contributed by atoms with van der Waals surface area (Å²) in [4.78, 5) is 25.4. The van der Waals surface area contributed by atoms with E-state index in [2.05, 4.69) is 10.2 Å². The topological polar surface area (TPSA) is 69.6 Å². The summed E-state index contributed by atoms with van der Waals surface area (Å²) in [6.45, 7) is 1.56. The van der Waals surface area contributed by atoms with Gasteiger partial charge in [-0.1, -0.05) is 30.3 Å². The fourth-order valence-electron chi connectivity index (χ4n) is 2.34. The van der Waals surface area contributed by atoms with Gasteiger partial charge >= 0.3 is 5.97 Å². The van der Waals surface area contributed by atoms with Crippen molar-refractivity contribution in [2.75, 3.05) is 20.1 Å². The number of likely N-dealkylation sites (tertiary alicyclic amines) is 1. The summed E-state index contributed by atoms with van der Waals surface area (Å²) < 4.78 is 0. The number of nitrogens with one attached hydrogen (secondary N) is 1. The van der Waals surface area contributed by atoms with E-state index in [9.17, 15) is 14.7 Å². The van der Waals surface area contributed by atoms with Crippen molar-refractivity contribution in [3.63, 3.8) is 0 Å². The van der Waals surface area contributed by atoms with E-state index in [0.717, 1.165) is 13.0 Å². The van der Waals surface area contributed by atoms with Crippen molar-refractivity contribution >= 4 is 11.9 Å². The summed E-state index contributed by atoms with van der Waals surface area (Å²) in [7, 11) is 1.96. The summed E-state index contributed by atoms with van der Waals surface area (Å²) in [5.74, 6) is -1.33. The zero-order chi connectivity index (χ0) is 13.8. The SMILES string of the molecule is CN1CCC(C(=O)NC(C(=O)O)c2ccccc2)C1. The van der Waals surface area contributed by atoms with E-state index in [1.54, 1.807) is 24.3 Å². The van der Waals surface area contributed by atoms with Crippen molar-refractivity contribution < 1.29 is 14.7 Å². The number of carboxylic acids is 1. The molecule has 1 aromatic carbocycles. The summed E-state index contributed by atoms with van der Waals surface area (Å²) in [6, 6.07) is 7.79. The molecule has 2 atom stereocenters. The quantitative estimate of drug-likeness (QED) is 0.845. The second-order valence-corrected chi connectivity index (χ2v) is 4.94. The molecule has 1 amide bonds. The van der Waals surface area contributed by atoms with E-state index in [4.69, 9.17) is 0 Å². The first kappa shape index (κ1) is 13.5. The lowest BCUT2D eigenvalue weighted by Gasteiger charge is -2.17. The third kappa shape index (κ3) is 3.32. The lowest BCUT2D eigenvalue weighted by molar-refractivity contribution is -0.142. The Labute approximate surface area is 112 Å². The van der Waals surface area contributed by atoms with Crippen LogP contribution in [0, 0.1) is 5.92 Å². The largest absolute Gasteiger partial charge is 0.479 e. The van der Waals surface area contributed by atoms with Gasteiger partial charge in [0.05, 0.1) is 5.92 Å². The molecule has 102 valence electrons. The zero-order valence-corrected chi connectivity index (χ0v) is 10.9. The molecule has 1 aromatic rings. The van der Waals surface area contributed by atoms with E-state index < -0.39 is 12.0 Å². The summed E-state index contributed by atoms with van der Waals surface area (Å²) in [5.41, 5.74) is 0.592. The molecule has 2 rings (SSSR count). The van der Waals surface area contributed by atoms with Crippen LogP contribution in [0.2, 0.25) is 0 Å². The molecule has 0 spiro atoms. The molecule has 0 aromatic heterocycles. The van der Waals surface area contributed by atoms with Crippen molar-refractivity contribution in [2.24, 2.45) is 5.92 Å². The Balaban J connectivity index is 2.05. The summed E-state index contributed by atoms with van der Waals surface area (Å²) in [5, 5.41) is 11.9. The molecule has 2 unspecified atom stereocenters. The Hall–Kier alpha value is -1.88. The van der Waals surface area contributed by atoms with Gasteiger partial charge in [-0.15, -0.1) is 0 Å². The maximum absolute atomic E-state index is 12.1. The highest BCUT2D eigenvalue weighted by atomic mass is 16.4. The fourth-order valence-corrected chi connectivity index (χ4v) is 2.34. The minimum atomic E-state index is -1.04. The number of benzene rings is 1. The van der Waals surface area contributed by atoms with Crippen molar-refractivity contribution in [2.45, 2.75) is 12.5 Å². The van der Waals surface area contributed by atoms with Crippen molar-refractivity contribution in [3.05, 3.63) is 35.9 Å². The molecule has 1 fully saturated rings. The average Bonchev–Trinajstić information content (AvgIpc) is 2.83.